The molecule has 2 aliphatic rings. The van der Waals surface area contributed by atoms with Crippen LogP contribution >= 0.6 is 11.3 Å². The van der Waals surface area contributed by atoms with E-state index in [0.717, 1.165) is 16.2 Å². The van der Waals surface area contributed by atoms with Gasteiger partial charge in [-0.25, -0.2) is 23.1 Å². The first kappa shape index (κ1) is 42.6. The number of carbonyl (C=O) groups excluding carboxylic acids is 5. The summed E-state index contributed by atoms with van der Waals surface area (Å²) in [4.78, 5) is 82.6. The minimum Gasteiger partial charge on any atom is -0.478 e. The Hall–Kier alpha value is -7.48. The van der Waals surface area contributed by atoms with Crippen LogP contribution in [0.15, 0.2) is 78.0 Å². The number of benzene rings is 2. The molecule has 3 aromatic heterocycles. The highest BCUT2D eigenvalue weighted by Gasteiger charge is 2.45. The fourth-order valence-corrected chi connectivity index (χ4v) is 7.85. The molecule has 0 bridgehead atoms. The third-order valence-electron chi connectivity index (χ3n) is 9.05. The molecule has 7 rings (SSSR count). The number of aromatic nitrogens is 5. The van der Waals surface area contributed by atoms with Gasteiger partial charge in [-0.2, -0.15) is 0 Å². The van der Waals surface area contributed by atoms with E-state index in [1.165, 1.54) is 72.6 Å². The van der Waals surface area contributed by atoms with Crippen LogP contribution in [-0.2, 0) is 40.4 Å². The van der Waals surface area contributed by atoms with Crippen LogP contribution in [-0.4, -0.2) is 106 Å². The van der Waals surface area contributed by atoms with Gasteiger partial charge >= 0.3 is 5.00 Å². The smallest absolute Gasteiger partial charge is 0.324 e. The molecule has 4 N–H and O–H groups in total. The molecule has 1 unspecified atom stereocenters. The number of thiophene rings is 1. The van der Waals surface area contributed by atoms with Gasteiger partial charge in [0.25, 0.3) is 27.7 Å². The number of sulfonamides is 1. The maximum Gasteiger partial charge on any atom is 0.324 e. The van der Waals surface area contributed by atoms with E-state index >= 15 is 0 Å². The zero-order valence-electron chi connectivity index (χ0n) is 32.2. The van der Waals surface area contributed by atoms with Gasteiger partial charge in [-0.3, -0.25) is 49.0 Å². The number of amides is 5. The second-order valence-corrected chi connectivity index (χ2v) is 15.9. The van der Waals surface area contributed by atoms with E-state index in [2.05, 4.69) is 41.0 Å². The third kappa shape index (κ3) is 9.60. The second kappa shape index (κ2) is 18.4. The summed E-state index contributed by atoms with van der Waals surface area (Å²) in [6.07, 6.45) is 5.52. The minimum absolute atomic E-state index is 0.0114. The van der Waals surface area contributed by atoms with Gasteiger partial charge in [-0.15, -0.1) is 5.10 Å². The number of carbonyl (C=O) groups is 5. The molecule has 62 heavy (non-hydrogen) atoms. The molecule has 0 saturated carbocycles. The Morgan fingerprint density at radius 3 is 2.61 bits per heavy atom. The van der Waals surface area contributed by atoms with Crippen LogP contribution in [0.3, 0.4) is 0 Å². The van der Waals surface area contributed by atoms with Crippen molar-refractivity contribution in [3.63, 3.8) is 0 Å². The first-order valence-electron chi connectivity index (χ1n) is 18.2. The van der Waals surface area contributed by atoms with Crippen LogP contribution in [0.25, 0.3) is 17.5 Å². The molecule has 1 saturated heterocycles. The zero-order valence-corrected chi connectivity index (χ0v) is 33.8. The summed E-state index contributed by atoms with van der Waals surface area (Å²) in [5.41, 5.74) is 1.38. The summed E-state index contributed by atoms with van der Waals surface area (Å²) < 4.78 is 46.5. The molecule has 2 aromatic carbocycles. The molecule has 1 fully saturated rings. The maximum absolute atomic E-state index is 13.2. The summed E-state index contributed by atoms with van der Waals surface area (Å²) in [5.74, 6) is -3.32. The van der Waals surface area contributed by atoms with Crippen LogP contribution in [0.2, 0.25) is 0 Å². The molecule has 25 heteroatoms. The van der Waals surface area contributed by atoms with Crippen LogP contribution in [0.4, 0.5) is 22.2 Å². The minimum atomic E-state index is -4.19. The van der Waals surface area contributed by atoms with Crippen molar-refractivity contribution in [2.75, 3.05) is 42.6 Å². The van der Waals surface area contributed by atoms with E-state index in [4.69, 9.17) is 14.2 Å². The second-order valence-electron chi connectivity index (χ2n) is 13.1. The van der Waals surface area contributed by atoms with Crippen molar-refractivity contribution in [3.05, 3.63) is 99.2 Å². The quantitative estimate of drug-likeness (QED) is 0.0245. The van der Waals surface area contributed by atoms with Gasteiger partial charge < -0.3 is 24.8 Å². The van der Waals surface area contributed by atoms with E-state index in [-0.39, 0.29) is 77.9 Å². The maximum atomic E-state index is 13.2. The Morgan fingerprint density at radius 2 is 1.87 bits per heavy atom. The molecular formula is C37H33N11O12S2. The van der Waals surface area contributed by atoms with Gasteiger partial charge in [-0.1, -0.05) is 22.6 Å². The van der Waals surface area contributed by atoms with E-state index in [1.807, 2.05) is 0 Å². The zero-order chi connectivity index (χ0) is 44.0. The molecule has 5 amide bonds. The Kier molecular flexibility index (Phi) is 12.7. The fraction of sp³-hybridized carbons (Fsp3) is 0.216. The third-order valence-corrected chi connectivity index (χ3v) is 11.4. The molecule has 5 heterocycles. The number of rotatable bonds is 18. The number of ether oxygens (including phenoxy) is 3. The van der Waals surface area contributed by atoms with Crippen molar-refractivity contribution in [3.8, 4) is 17.3 Å². The predicted molar refractivity (Wildman–Crippen MR) is 217 cm³/mol. The standard InChI is InChI=1S/C37H33N11O12S2/c1-58-35-33(44-62(56,57)23-9-5-21(6-10-23)40-29(49)12-7-22-8-14-31(61-22)48(54)55)38-17-26(41-35)27-18-46(45-43-27)15-16-59-20-60-19-39-25-4-2-3-24-32(25)37(53)47(36(24)52)28-11-13-30(50)42-34(28)51/h2-10,12,14,17-18,28,39H,11,13,15-16,19-20H2,1H3,(H,38,44)(H,40,49)(H,42,50,51)/b12-7+. The molecule has 1 atom stereocenters. The van der Waals surface area contributed by atoms with E-state index in [1.54, 1.807) is 18.3 Å². The van der Waals surface area contributed by atoms with Crippen molar-refractivity contribution in [1.29, 1.82) is 0 Å². The number of nitrogens with one attached hydrogen (secondary N) is 4. The van der Waals surface area contributed by atoms with Crippen molar-refractivity contribution >= 4 is 79.2 Å². The lowest BCUT2D eigenvalue weighted by Gasteiger charge is -2.27. The van der Waals surface area contributed by atoms with Crippen molar-refractivity contribution in [2.45, 2.75) is 30.3 Å². The Labute approximate surface area is 354 Å². The van der Waals surface area contributed by atoms with Crippen LogP contribution in [0.5, 0.6) is 5.88 Å². The first-order chi connectivity index (χ1) is 29.8. The Bertz CT molecular complexity index is 2720. The number of nitro groups is 1. The van der Waals surface area contributed by atoms with Gasteiger partial charge in [0.15, 0.2) is 0 Å². The highest BCUT2D eigenvalue weighted by atomic mass is 32.2. The average Bonchev–Trinajstić information content (AvgIpc) is 3.99. The van der Waals surface area contributed by atoms with Gasteiger partial charge in [0.2, 0.25) is 23.5 Å². The van der Waals surface area contributed by atoms with Crippen LogP contribution in [0, 0.1) is 10.1 Å². The lowest BCUT2D eigenvalue weighted by atomic mass is 10.0. The Balaban J connectivity index is 0.860. The van der Waals surface area contributed by atoms with E-state index in [9.17, 15) is 42.5 Å². The van der Waals surface area contributed by atoms with Crippen LogP contribution < -0.4 is 25.4 Å². The molecular weight excluding hydrogens is 855 g/mol. The fourth-order valence-electron chi connectivity index (χ4n) is 6.12. The molecule has 320 valence electrons. The monoisotopic (exact) mass is 887 g/mol. The molecule has 23 nitrogen and oxygen atoms in total. The lowest BCUT2D eigenvalue weighted by molar-refractivity contribution is -0.380. The summed E-state index contributed by atoms with van der Waals surface area (Å²) in [7, 11) is -2.90. The summed E-state index contributed by atoms with van der Waals surface area (Å²) >= 11 is 0.910. The summed E-state index contributed by atoms with van der Waals surface area (Å²) in [6.45, 7) is 0.176. The van der Waals surface area contributed by atoms with E-state index in [0.29, 0.717) is 21.9 Å². The van der Waals surface area contributed by atoms with Gasteiger partial charge in [0, 0.05) is 34.8 Å². The predicted octanol–water partition coefficient (Wildman–Crippen LogP) is 2.63. The number of piperidine rings is 1. The molecule has 2 aliphatic heterocycles. The molecule has 0 radical (unpaired) electrons. The molecule has 0 spiro atoms. The lowest BCUT2D eigenvalue weighted by Crippen LogP contribution is -2.54. The highest BCUT2D eigenvalue weighted by Crippen LogP contribution is 2.33. The summed E-state index contributed by atoms with van der Waals surface area (Å²) in [5, 5.41) is 26.6. The van der Waals surface area contributed by atoms with Gasteiger partial charge in [0.1, 0.15) is 31.0 Å². The highest BCUT2D eigenvalue weighted by molar-refractivity contribution is 7.92. The van der Waals surface area contributed by atoms with E-state index < -0.39 is 50.5 Å². The van der Waals surface area contributed by atoms with Gasteiger partial charge in [-0.05, 0) is 55.0 Å². The SMILES string of the molecule is COc1nc(-c2cn(CCOCOCNc3cccc4c3C(=O)N(C3CCC(=O)NC3=O)C4=O)nn2)cnc1NS(=O)(=O)c1ccc(NC(=O)/C=C/c2ccc([N+](=O)[O-])s2)cc1. The number of methoxy groups -OCH3 is 1. The molecule has 0 aliphatic carbocycles. The molecule has 5 aromatic rings. The largest absolute Gasteiger partial charge is 0.478 e. The topological polar surface area (TPSA) is 298 Å². The number of anilines is 3. The number of nitrogens with zero attached hydrogens (tertiary/aromatic N) is 7. The number of fused-ring (bicyclic) bond motifs is 1. The van der Waals surface area contributed by atoms with Gasteiger partial charge in [0.05, 0.1) is 53.6 Å². The number of imide groups is 2. The van der Waals surface area contributed by atoms with Crippen molar-refractivity contribution in [1.82, 2.24) is 35.2 Å². The average molecular weight is 888 g/mol. The summed E-state index contributed by atoms with van der Waals surface area (Å²) in [6, 6.07) is 11.7. The van der Waals surface area contributed by atoms with Crippen molar-refractivity contribution in [2.24, 2.45) is 0 Å². The van der Waals surface area contributed by atoms with Crippen molar-refractivity contribution < 1.29 is 51.5 Å². The van der Waals surface area contributed by atoms with Crippen LogP contribution in [0.1, 0.15) is 38.4 Å². The number of hydrogen-bond acceptors (Lipinski definition) is 18. The Morgan fingerprint density at radius 1 is 1.06 bits per heavy atom. The normalized spacial score (nSPS) is 15.1. The number of hydrogen-bond donors (Lipinski definition) is 4. The first-order valence-corrected chi connectivity index (χ1v) is 20.5.